The van der Waals surface area contributed by atoms with Gasteiger partial charge in [0, 0.05) is 0 Å². The van der Waals surface area contributed by atoms with Crippen LogP contribution >= 0.6 is 30.7 Å². The van der Waals surface area contributed by atoms with E-state index in [-0.39, 0.29) is 0 Å². The van der Waals surface area contributed by atoms with Gasteiger partial charge in [-0.05, 0) is 0 Å². The number of nitrogens with one attached hydrogen (secondary N) is 1. The summed E-state index contributed by atoms with van der Waals surface area (Å²) < 4.78 is 39.6. The standard InChI is InChI=1S/CH7NO6P2.H5NO6P2/c2-1(9(3,4)5)10(6,7)8;2-8(3,4)1-9(5,6)7/h1H,2H2,(H2,3,4,5)(H2,6,7,8);(H5,1,2,3,4,5,6,7). The Kier molecular flexibility index (Phi) is 8.02. The molecule has 0 aliphatic carbocycles. The van der Waals surface area contributed by atoms with Crippen LogP contribution in [0.3, 0.4) is 0 Å². The summed E-state index contributed by atoms with van der Waals surface area (Å²) in [6.45, 7) is 0. The number of rotatable bonds is 4. The fourth-order valence-corrected chi connectivity index (χ4v) is 3.29. The topological polar surface area (TPSA) is 268 Å². The zero-order valence-electron chi connectivity index (χ0n) is 8.65. The van der Waals surface area contributed by atoms with Gasteiger partial charge in [0.25, 0.3) is 0 Å². The van der Waals surface area contributed by atoms with Crippen LogP contribution in [0.4, 0.5) is 0 Å². The Morgan fingerprint density at radius 2 is 0.895 bits per heavy atom. The monoisotopic (exact) mass is 368 g/mol. The second-order valence-electron chi connectivity index (χ2n) is 2.78. The summed E-state index contributed by atoms with van der Waals surface area (Å²) in [7, 11) is -19.3. The first-order chi connectivity index (χ1) is 7.86. The third-order valence-corrected chi connectivity index (χ3v) is 6.22. The lowest BCUT2D eigenvalue weighted by atomic mass is 11.5. The Morgan fingerprint density at radius 3 is 0.895 bits per heavy atom. The quantitative estimate of drug-likeness (QED) is 0.227. The molecule has 0 saturated heterocycles. The predicted octanol–water partition coefficient (Wildman–Crippen LogP) is -2.65. The van der Waals surface area contributed by atoms with E-state index in [1.807, 2.05) is 0 Å². The van der Waals surface area contributed by atoms with Crippen LogP contribution < -0.4 is 10.6 Å². The average molecular weight is 368 g/mol. The third-order valence-electron chi connectivity index (χ3n) is 0.950. The van der Waals surface area contributed by atoms with Crippen molar-refractivity contribution >= 4 is 30.7 Å². The molecule has 0 aromatic heterocycles. The van der Waals surface area contributed by atoms with Crippen LogP contribution in [0.15, 0.2) is 0 Å². The van der Waals surface area contributed by atoms with Gasteiger partial charge < -0.3 is 44.9 Å². The third kappa shape index (κ3) is 14.7. The molecule has 0 aliphatic heterocycles. The van der Waals surface area contributed by atoms with Gasteiger partial charge in [-0.2, -0.15) is 0 Å². The molecular weight excluding hydrogens is 356 g/mol. The van der Waals surface area contributed by atoms with E-state index in [1.54, 1.807) is 0 Å². The van der Waals surface area contributed by atoms with E-state index >= 15 is 0 Å². The molecular formula is CH12N2O12P4. The van der Waals surface area contributed by atoms with Crippen molar-refractivity contribution < 1.29 is 57.4 Å². The van der Waals surface area contributed by atoms with E-state index in [1.165, 1.54) is 0 Å². The normalized spacial score (nSPS) is 14.0. The summed E-state index contributed by atoms with van der Waals surface area (Å²) >= 11 is 0. The van der Waals surface area contributed by atoms with Gasteiger partial charge in [0.2, 0.25) is 5.52 Å². The van der Waals surface area contributed by atoms with Gasteiger partial charge in [0.05, 0.1) is 0 Å². The minimum Gasteiger partial charge on any atom is -0.323 e. The molecule has 18 heteroatoms. The first-order valence-corrected chi connectivity index (χ1v) is 10.2. The Hall–Kier alpha value is 0.520. The van der Waals surface area contributed by atoms with Crippen molar-refractivity contribution in [3.63, 3.8) is 0 Å². The van der Waals surface area contributed by atoms with E-state index in [0.717, 1.165) is 4.86 Å². The molecule has 0 bridgehead atoms. The maximum Gasteiger partial charge on any atom is 0.409 e. The van der Waals surface area contributed by atoms with E-state index in [4.69, 9.17) is 39.1 Å². The molecule has 0 heterocycles. The second-order valence-corrected chi connectivity index (χ2v) is 9.63. The highest BCUT2D eigenvalue weighted by molar-refractivity contribution is 7.70. The molecule has 0 rings (SSSR count). The molecule has 14 nitrogen and oxygen atoms in total. The van der Waals surface area contributed by atoms with E-state index in [2.05, 4.69) is 5.73 Å². The molecule has 19 heavy (non-hydrogen) atoms. The van der Waals surface area contributed by atoms with Gasteiger partial charge in [-0.3, -0.25) is 9.13 Å². The molecule has 0 aromatic carbocycles. The van der Waals surface area contributed by atoms with E-state index in [9.17, 15) is 18.3 Å². The maximum atomic E-state index is 10.1. The summed E-state index contributed by atoms with van der Waals surface area (Å²) in [6.07, 6.45) is 0. The lowest BCUT2D eigenvalue weighted by Crippen LogP contribution is -2.19. The van der Waals surface area contributed by atoms with Crippen LogP contribution in [0.2, 0.25) is 0 Å². The largest absolute Gasteiger partial charge is 0.409 e. The number of nitrogens with two attached hydrogens (primary N) is 1. The molecule has 0 radical (unpaired) electrons. The highest BCUT2D eigenvalue weighted by atomic mass is 31.3. The Bertz CT molecular complexity index is 418. The first kappa shape index (κ1) is 21.8. The first-order valence-electron chi connectivity index (χ1n) is 3.63. The molecule has 0 aromatic rings. The summed E-state index contributed by atoms with van der Waals surface area (Å²) in [4.78, 5) is 64.7. The minimum atomic E-state index is -4.86. The number of hydrogen-bond donors (Lipinski definition) is 10. The fourth-order valence-electron chi connectivity index (χ4n) is 0.366. The van der Waals surface area contributed by atoms with Crippen molar-refractivity contribution in [1.82, 2.24) is 4.86 Å². The molecule has 11 N–H and O–H groups in total. The summed E-state index contributed by atoms with van der Waals surface area (Å²) in [6, 6.07) is 0. The van der Waals surface area contributed by atoms with Gasteiger partial charge in [0.1, 0.15) is 0 Å². The van der Waals surface area contributed by atoms with Gasteiger partial charge in [-0.1, -0.05) is 0 Å². The van der Waals surface area contributed by atoms with Crippen molar-refractivity contribution in [2.75, 3.05) is 0 Å². The smallest absolute Gasteiger partial charge is 0.323 e. The molecule has 0 fully saturated rings. The van der Waals surface area contributed by atoms with Crippen molar-refractivity contribution in [3.8, 4) is 0 Å². The van der Waals surface area contributed by atoms with Crippen LogP contribution in [0.1, 0.15) is 0 Å². The van der Waals surface area contributed by atoms with Crippen LogP contribution in [-0.4, -0.2) is 44.7 Å². The summed E-state index contributed by atoms with van der Waals surface area (Å²) in [5, 5.41) is 0. The second kappa shape index (κ2) is 6.99. The van der Waals surface area contributed by atoms with Crippen molar-refractivity contribution in [2.24, 2.45) is 5.73 Å². The highest BCUT2D eigenvalue weighted by Gasteiger charge is 2.39. The number of hydrogen-bond acceptors (Lipinski definition) is 5. The predicted molar refractivity (Wildman–Crippen MR) is 59.3 cm³/mol. The Labute approximate surface area is 105 Å². The lowest BCUT2D eigenvalue weighted by Gasteiger charge is -2.13. The molecule has 0 unspecified atom stereocenters. The molecule has 0 atom stereocenters. The minimum absolute atomic E-state index is 0.792. The van der Waals surface area contributed by atoms with Crippen molar-refractivity contribution in [1.29, 1.82) is 0 Å². The fraction of sp³-hybridized carbons (Fsp3) is 1.00. The molecule has 0 spiro atoms. The van der Waals surface area contributed by atoms with E-state index < -0.39 is 36.2 Å². The SMILES string of the molecule is NC(P(=O)(O)O)P(=O)(O)O.O=P(O)(O)NP(=O)(O)O. The zero-order valence-corrected chi connectivity index (χ0v) is 12.2. The molecule has 0 saturated carbocycles. The Balaban J connectivity index is 0. The Morgan fingerprint density at radius 1 is 0.684 bits per heavy atom. The average Bonchev–Trinajstić information content (AvgIpc) is 1.92. The maximum absolute atomic E-state index is 10.1. The molecule has 118 valence electrons. The highest BCUT2D eigenvalue weighted by Crippen LogP contribution is 2.56. The van der Waals surface area contributed by atoms with Gasteiger partial charge in [-0.15, -0.1) is 4.86 Å². The van der Waals surface area contributed by atoms with Crippen LogP contribution in [0.5, 0.6) is 0 Å². The zero-order chi connectivity index (χ0) is 16.3. The van der Waals surface area contributed by atoms with Gasteiger partial charge in [-0.25, -0.2) is 9.13 Å². The van der Waals surface area contributed by atoms with Gasteiger partial charge in [0.15, 0.2) is 0 Å². The summed E-state index contributed by atoms with van der Waals surface area (Å²) in [5.41, 5.74) is 2.10. The lowest BCUT2D eigenvalue weighted by molar-refractivity contribution is 0.335. The van der Waals surface area contributed by atoms with Crippen LogP contribution in [-0.2, 0) is 18.3 Å². The van der Waals surface area contributed by atoms with Gasteiger partial charge >= 0.3 is 30.7 Å². The van der Waals surface area contributed by atoms with Crippen molar-refractivity contribution in [2.45, 2.75) is 5.52 Å². The summed E-state index contributed by atoms with van der Waals surface area (Å²) in [5.74, 6) is 0. The van der Waals surface area contributed by atoms with Crippen LogP contribution in [0, 0.1) is 0 Å². The van der Waals surface area contributed by atoms with Crippen molar-refractivity contribution in [3.05, 3.63) is 0 Å². The molecule has 0 amide bonds. The van der Waals surface area contributed by atoms with Crippen LogP contribution in [0.25, 0.3) is 0 Å². The molecule has 0 aliphatic rings. The van der Waals surface area contributed by atoms with E-state index in [0.29, 0.717) is 0 Å².